The minimum Gasteiger partial charge on any atom is -0.393 e. The topological polar surface area (TPSA) is 66.0 Å². The van der Waals surface area contributed by atoms with Crippen molar-refractivity contribution in [2.75, 3.05) is 0 Å². The van der Waals surface area contributed by atoms with Gasteiger partial charge in [0.1, 0.15) is 0 Å². The van der Waals surface area contributed by atoms with Gasteiger partial charge in [-0.2, -0.15) is 0 Å². The molecule has 27 heavy (non-hydrogen) atoms. The predicted molar refractivity (Wildman–Crippen MR) is 102 cm³/mol. The Bertz CT molecular complexity index is 1040. The molecule has 6 heteroatoms. The van der Waals surface area contributed by atoms with Gasteiger partial charge in [-0.1, -0.05) is 30.4 Å². The molecule has 1 atom stereocenters. The van der Waals surface area contributed by atoms with E-state index >= 15 is 0 Å². The number of benzene rings is 2. The number of aliphatic hydroxyl groups is 1. The fourth-order valence-corrected chi connectivity index (χ4v) is 2.86. The molecule has 0 saturated heterocycles. The normalized spacial score (nSPS) is 12.7. The summed E-state index contributed by atoms with van der Waals surface area (Å²) in [4.78, 5) is 17.9. The average Bonchev–Trinajstić information content (AvgIpc) is 2.64. The van der Waals surface area contributed by atoms with E-state index in [0.717, 1.165) is 12.6 Å². The molecular weight excluding hydrogens is 350 g/mol. The second-order valence-corrected chi connectivity index (χ2v) is 6.49. The van der Waals surface area contributed by atoms with Crippen LogP contribution in [0.15, 0.2) is 47.4 Å². The summed E-state index contributed by atoms with van der Waals surface area (Å²) in [5.41, 5.74) is 1.49. The van der Waals surface area contributed by atoms with Gasteiger partial charge >= 0.3 is 0 Å². The third-order valence-electron chi connectivity index (χ3n) is 4.29. The van der Waals surface area contributed by atoms with Gasteiger partial charge in [0.05, 0.1) is 23.3 Å². The maximum Gasteiger partial charge on any atom is 0.266 e. The highest BCUT2D eigenvalue weighted by Crippen LogP contribution is 2.28. The summed E-state index contributed by atoms with van der Waals surface area (Å²) >= 11 is 0. The minimum absolute atomic E-state index is 0.133. The van der Waals surface area contributed by atoms with Crippen LogP contribution in [0.4, 0.5) is 8.78 Å². The number of unbranched alkanes of at least 4 members (excludes halogenated alkanes) is 1. The molecule has 0 aliphatic carbocycles. The Balaban J connectivity index is 1.85. The molecule has 0 amide bonds. The first-order chi connectivity index (χ1) is 13.0. The maximum absolute atomic E-state index is 14.6. The number of aliphatic hydroxyl groups excluding tert-OH is 1. The number of nitrogens with zero attached hydrogens (tertiary/aromatic N) is 1. The zero-order valence-electron chi connectivity index (χ0n) is 14.9. The van der Waals surface area contributed by atoms with Gasteiger partial charge < -0.3 is 10.1 Å². The summed E-state index contributed by atoms with van der Waals surface area (Å²) in [6.07, 6.45) is 6.24. The zero-order valence-corrected chi connectivity index (χ0v) is 14.9. The van der Waals surface area contributed by atoms with Crippen molar-refractivity contribution in [1.29, 1.82) is 0 Å². The van der Waals surface area contributed by atoms with Gasteiger partial charge in [-0.05, 0) is 43.9 Å². The third-order valence-corrected chi connectivity index (χ3v) is 4.29. The first kappa shape index (κ1) is 18.9. The lowest BCUT2D eigenvalue weighted by molar-refractivity contribution is 0.182. The summed E-state index contributed by atoms with van der Waals surface area (Å²) in [6.45, 7) is 1.72. The van der Waals surface area contributed by atoms with Gasteiger partial charge in [-0.25, -0.2) is 13.8 Å². The van der Waals surface area contributed by atoms with Crippen LogP contribution in [0.1, 0.15) is 31.7 Å². The first-order valence-electron chi connectivity index (χ1n) is 8.78. The smallest absolute Gasteiger partial charge is 0.266 e. The molecule has 140 valence electrons. The van der Waals surface area contributed by atoms with Crippen molar-refractivity contribution in [1.82, 2.24) is 9.97 Å². The Morgan fingerprint density at radius 3 is 2.81 bits per heavy atom. The van der Waals surface area contributed by atoms with E-state index in [1.54, 1.807) is 37.3 Å². The lowest BCUT2D eigenvalue weighted by atomic mass is 10.0. The molecular formula is C21H20F2N2O2. The number of allylic oxidation sites excluding steroid dienone is 1. The molecule has 1 aromatic heterocycles. The van der Waals surface area contributed by atoms with Gasteiger partial charge in [0.15, 0.2) is 11.6 Å². The van der Waals surface area contributed by atoms with Crippen molar-refractivity contribution in [3.8, 4) is 11.1 Å². The first-order valence-corrected chi connectivity index (χ1v) is 8.78. The summed E-state index contributed by atoms with van der Waals surface area (Å²) < 4.78 is 29.0. The Labute approximate surface area is 155 Å². The van der Waals surface area contributed by atoms with E-state index in [9.17, 15) is 18.7 Å². The van der Waals surface area contributed by atoms with Crippen molar-refractivity contribution in [3.63, 3.8) is 0 Å². The van der Waals surface area contributed by atoms with Gasteiger partial charge in [-0.3, -0.25) is 4.79 Å². The standard InChI is InChI=1S/C21H20F2N2O2/c1-13(26)5-3-2-4-6-14-7-9-16(21(23)20(14)22)15-8-10-17-18(11-15)24-12-19(27)25-17/h4,6-13,26H,2-3,5H2,1H3,(H,25,27)/b6-4+. The summed E-state index contributed by atoms with van der Waals surface area (Å²) in [5, 5.41) is 9.21. The van der Waals surface area contributed by atoms with E-state index in [-0.39, 0.29) is 22.8 Å². The second-order valence-electron chi connectivity index (χ2n) is 6.49. The zero-order chi connectivity index (χ0) is 19.4. The number of nitrogens with one attached hydrogen (secondary N) is 1. The number of fused-ring (bicyclic) bond motifs is 1. The number of halogens is 2. The van der Waals surface area contributed by atoms with Crippen molar-refractivity contribution < 1.29 is 13.9 Å². The highest BCUT2D eigenvalue weighted by atomic mass is 19.2. The number of rotatable bonds is 6. The highest BCUT2D eigenvalue weighted by Gasteiger charge is 2.14. The van der Waals surface area contributed by atoms with Gasteiger partial charge in [0, 0.05) is 11.1 Å². The highest BCUT2D eigenvalue weighted by molar-refractivity contribution is 5.81. The number of hydrogen-bond acceptors (Lipinski definition) is 3. The largest absolute Gasteiger partial charge is 0.393 e. The summed E-state index contributed by atoms with van der Waals surface area (Å²) in [5.74, 6) is -1.83. The van der Waals surface area contributed by atoms with Crippen LogP contribution in [0.5, 0.6) is 0 Å². The molecule has 4 nitrogen and oxygen atoms in total. The maximum atomic E-state index is 14.6. The lowest BCUT2D eigenvalue weighted by Gasteiger charge is -2.08. The molecule has 2 N–H and O–H groups in total. The Morgan fingerprint density at radius 2 is 2.04 bits per heavy atom. The number of aromatic amines is 1. The third kappa shape index (κ3) is 4.46. The number of H-pyrrole nitrogens is 1. The van der Waals surface area contributed by atoms with Crippen molar-refractivity contribution in [2.24, 2.45) is 0 Å². The van der Waals surface area contributed by atoms with E-state index in [1.165, 1.54) is 12.1 Å². The molecule has 0 saturated carbocycles. The Kier molecular flexibility index (Phi) is 5.76. The Morgan fingerprint density at radius 1 is 1.22 bits per heavy atom. The van der Waals surface area contributed by atoms with Crippen LogP contribution >= 0.6 is 0 Å². The lowest BCUT2D eigenvalue weighted by Crippen LogP contribution is -2.04. The molecule has 3 aromatic rings. The number of aromatic nitrogens is 2. The van der Waals surface area contributed by atoms with Crippen molar-refractivity contribution in [2.45, 2.75) is 32.3 Å². The van der Waals surface area contributed by atoms with E-state index in [1.807, 2.05) is 0 Å². The van der Waals surface area contributed by atoms with E-state index in [4.69, 9.17) is 0 Å². The predicted octanol–water partition coefficient (Wildman–Crippen LogP) is 4.43. The fraction of sp³-hybridized carbons (Fsp3) is 0.238. The van der Waals surface area contributed by atoms with E-state index < -0.39 is 11.6 Å². The van der Waals surface area contributed by atoms with E-state index in [2.05, 4.69) is 9.97 Å². The second kappa shape index (κ2) is 8.22. The minimum atomic E-state index is -0.926. The van der Waals surface area contributed by atoms with E-state index in [0.29, 0.717) is 29.4 Å². The van der Waals surface area contributed by atoms with Crippen LogP contribution in [-0.2, 0) is 0 Å². The van der Waals surface area contributed by atoms with Gasteiger partial charge in [0.2, 0.25) is 0 Å². The molecule has 0 fully saturated rings. The van der Waals surface area contributed by atoms with Gasteiger partial charge in [-0.15, -0.1) is 0 Å². The molecule has 3 rings (SSSR count). The van der Waals surface area contributed by atoms with Crippen LogP contribution in [0, 0.1) is 11.6 Å². The molecule has 0 aliphatic rings. The van der Waals surface area contributed by atoms with Crippen molar-refractivity contribution in [3.05, 3.63) is 70.2 Å². The monoisotopic (exact) mass is 370 g/mol. The molecule has 0 bridgehead atoms. The molecule has 0 aliphatic heterocycles. The van der Waals surface area contributed by atoms with Crippen LogP contribution in [0.3, 0.4) is 0 Å². The summed E-state index contributed by atoms with van der Waals surface area (Å²) in [6, 6.07) is 7.90. The van der Waals surface area contributed by atoms with Crippen molar-refractivity contribution >= 4 is 17.1 Å². The molecule has 1 unspecified atom stereocenters. The van der Waals surface area contributed by atoms with Crippen LogP contribution in [-0.4, -0.2) is 21.2 Å². The Hall–Kier alpha value is -2.86. The average molecular weight is 370 g/mol. The SMILES string of the molecule is CC(O)CCC/C=C/c1ccc(-c2ccc3[nH]c(=O)cnc3c2)c(F)c1F. The summed E-state index contributed by atoms with van der Waals surface area (Å²) in [7, 11) is 0. The molecule has 1 heterocycles. The van der Waals surface area contributed by atoms with Crippen LogP contribution in [0.2, 0.25) is 0 Å². The molecule has 0 radical (unpaired) electrons. The number of hydrogen-bond donors (Lipinski definition) is 2. The van der Waals surface area contributed by atoms with Gasteiger partial charge in [0.25, 0.3) is 5.56 Å². The van der Waals surface area contributed by atoms with Crippen LogP contribution < -0.4 is 5.56 Å². The quantitative estimate of drug-likeness (QED) is 0.631. The van der Waals surface area contributed by atoms with Crippen LogP contribution in [0.25, 0.3) is 28.2 Å². The fourth-order valence-electron chi connectivity index (χ4n) is 2.86. The molecule has 2 aromatic carbocycles. The molecule has 0 spiro atoms.